The van der Waals surface area contributed by atoms with Crippen LogP contribution in [0.3, 0.4) is 0 Å². The fourth-order valence-corrected chi connectivity index (χ4v) is 16.0. The summed E-state index contributed by atoms with van der Waals surface area (Å²) in [5.74, 6) is 0. The Labute approximate surface area is 443 Å². The monoisotopic (exact) mass is 1160 g/mol. The molecule has 0 heterocycles. The average molecular weight is 1170 g/mol. The molecule has 0 aliphatic heterocycles. The van der Waals surface area contributed by atoms with Crippen molar-refractivity contribution in [1.82, 2.24) is 0 Å². The zero-order valence-corrected chi connectivity index (χ0v) is 44.7. The molecule has 0 aromatic heterocycles. The van der Waals surface area contributed by atoms with Crippen LogP contribution in [0.15, 0.2) is 269 Å². The van der Waals surface area contributed by atoms with Gasteiger partial charge in [0.25, 0.3) is 0 Å². The molecule has 0 spiro atoms. The maximum absolute atomic E-state index is 11.3. The summed E-state index contributed by atoms with van der Waals surface area (Å²) in [5, 5.41) is 9.16. The van der Waals surface area contributed by atoms with Crippen molar-refractivity contribution in [3.8, 4) is 0 Å². The van der Waals surface area contributed by atoms with Crippen molar-refractivity contribution in [3.63, 3.8) is 0 Å². The van der Waals surface area contributed by atoms with Crippen molar-refractivity contribution in [2.45, 2.75) is 14.7 Å². The minimum absolute atomic E-state index is 0. The Morgan fingerprint density at radius 2 is 0.408 bits per heavy atom. The Bertz CT molecular complexity index is 2960. The molecule has 9 nitrogen and oxygen atoms in total. The van der Waals surface area contributed by atoms with Gasteiger partial charge in [-0.2, -0.15) is 0 Å². The van der Waals surface area contributed by atoms with Crippen molar-refractivity contribution >= 4 is 102 Å². The molecule has 0 aliphatic carbocycles. The fourth-order valence-electron chi connectivity index (χ4n) is 7.14. The van der Waals surface area contributed by atoms with E-state index in [1.165, 1.54) is 36.4 Å². The smallest absolute Gasteiger partial charge is 1.00 e. The molecule has 0 saturated carbocycles. The minimum atomic E-state index is -4.46. The van der Waals surface area contributed by atoms with Crippen molar-refractivity contribution < 1.29 is 75.1 Å². The van der Waals surface area contributed by atoms with Crippen molar-refractivity contribution in [1.29, 1.82) is 0 Å². The Hall–Kier alpha value is -5.09. The molecule has 9 aromatic carbocycles. The quantitative estimate of drug-likeness (QED) is 0.0979. The summed E-state index contributed by atoms with van der Waals surface area (Å²) >= 11 is 0. The van der Waals surface area contributed by atoms with Crippen LogP contribution in [0, 0.1) is 0 Å². The number of halogens is 1. The molecule has 9 aromatic rings. The second-order valence-electron chi connectivity index (χ2n) is 14.9. The molecule has 71 heavy (non-hydrogen) atoms. The summed E-state index contributed by atoms with van der Waals surface area (Å²) < 4.78 is 102. The van der Waals surface area contributed by atoms with Crippen LogP contribution in [0.4, 0.5) is 0 Å². The molecule has 1 radical (unpaired) electrons. The van der Waals surface area contributed by atoms with E-state index in [0.29, 0.717) is 0 Å². The van der Waals surface area contributed by atoms with E-state index in [1.54, 1.807) is 18.2 Å². The first kappa shape index (κ1) is 56.8. The van der Waals surface area contributed by atoms with Gasteiger partial charge in [0.15, 0.2) is 0 Å². The summed E-state index contributed by atoms with van der Waals surface area (Å²) in [6, 6.07) is 78.5. The van der Waals surface area contributed by atoms with Gasteiger partial charge in [-0.05, 0) is 108 Å². The zero-order chi connectivity index (χ0) is 48.9. The zero-order valence-electron chi connectivity index (χ0n) is 40.2. The predicted octanol–water partition coefficient (Wildman–Crippen LogP) is 4.39. The molecule has 17 heteroatoms. The Morgan fingerprint density at radius 1 is 0.254 bits per heavy atom. The third-order valence-electron chi connectivity index (χ3n) is 10.2. The van der Waals surface area contributed by atoms with E-state index >= 15 is 0 Å². The first-order chi connectivity index (χ1) is 33.2. The third kappa shape index (κ3) is 16.0. The molecule has 0 fully saturated rings. The summed E-state index contributed by atoms with van der Waals surface area (Å²) in [4.78, 5) is -0.557. The molecular weight excluding hydrogens is 1120 g/mol. The molecule has 0 saturated heterocycles. The van der Waals surface area contributed by atoms with E-state index in [2.05, 4.69) is 0 Å². The molecular formula is C54H45ClO9P3RhS3-. The molecule has 0 unspecified atom stereocenters. The van der Waals surface area contributed by atoms with Gasteiger partial charge in [0.1, 0.15) is 30.4 Å². The van der Waals surface area contributed by atoms with E-state index < -0.39 is 54.1 Å². The van der Waals surface area contributed by atoms with Crippen LogP contribution in [0.5, 0.6) is 0 Å². The fraction of sp³-hybridized carbons (Fsp3) is 0. The second-order valence-corrected chi connectivity index (χ2v) is 25.7. The molecule has 0 N–H and O–H groups in total. The van der Waals surface area contributed by atoms with Gasteiger partial charge in [0.05, 0.1) is 14.7 Å². The van der Waals surface area contributed by atoms with E-state index in [1.807, 2.05) is 200 Å². The maximum Gasteiger partial charge on any atom is 1.00 e. The van der Waals surface area contributed by atoms with Gasteiger partial charge in [-0.3, -0.25) is 0 Å². The number of hydrogen-bond acceptors (Lipinski definition) is 9. The molecule has 0 aliphatic rings. The summed E-state index contributed by atoms with van der Waals surface area (Å²) in [6.45, 7) is 0. The van der Waals surface area contributed by atoms with Crippen LogP contribution >= 0.6 is 23.8 Å². The summed E-state index contributed by atoms with van der Waals surface area (Å²) in [6.07, 6.45) is 0. The van der Waals surface area contributed by atoms with Gasteiger partial charge in [-0.25, -0.2) is 25.3 Å². The molecule has 9 rings (SSSR count). The minimum Gasteiger partial charge on any atom is -1.00 e. The van der Waals surface area contributed by atoms with E-state index in [-0.39, 0.29) is 50.9 Å². The predicted molar refractivity (Wildman–Crippen MR) is 283 cm³/mol. The van der Waals surface area contributed by atoms with Gasteiger partial charge < -0.3 is 26.1 Å². The molecule has 0 bridgehead atoms. The van der Waals surface area contributed by atoms with Crippen molar-refractivity contribution in [3.05, 3.63) is 255 Å². The topological polar surface area (TPSA) is 172 Å². The Kier molecular flexibility index (Phi) is 21.3. The van der Waals surface area contributed by atoms with Gasteiger partial charge in [0.2, 0.25) is 0 Å². The van der Waals surface area contributed by atoms with Crippen LogP contribution in [-0.2, 0) is 49.8 Å². The van der Waals surface area contributed by atoms with Crippen molar-refractivity contribution in [2.24, 2.45) is 0 Å². The first-order valence-corrected chi connectivity index (χ1v) is 29.3. The van der Waals surface area contributed by atoms with Crippen LogP contribution in [0.2, 0.25) is 0 Å². The summed E-state index contributed by atoms with van der Waals surface area (Å²) in [5.41, 5.74) is 0. The Balaban J connectivity index is 0.000000368. The Morgan fingerprint density at radius 3 is 0.563 bits per heavy atom. The number of benzene rings is 9. The first-order valence-electron chi connectivity index (χ1n) is 21.1. The van der Waals surface area contributed by atoms with E-state index in [4.69, 9.17) is 0 Å². The van der Waals surface area contributed by atoms with E-state index in [9.17, 15) is 38.9 Å². The molecule has 0 atom stereocenters. The van der Waals surface area contributed by atoms with Crippen LogP contribution in [0.1, 0.15) is 4.28 Å². The van der Waals surface area contributed by atoms with Gasteiger partial charge in [0, 0.05) is 19.5 Å². The van der Waals surface area contributed by atoms with Crippen LogP contribution in [0.25, 0.3) is 0 Å². The number of hydrogen-bond donors (Lipinski definition) is 0. The molecule has 365 valence electrons. The van der Waals surface area contributed by atoms with Gasteiger partial charge >= 0.3 is 4.28 Å². The van der Waals surface area contributed by atoms with Gasteiger partial charge in [-0.15, -0.1) is 0 Å². The standard InChI is InChI=1S/3C18H15O3PS.ClH.Rh/c3*19-23(20,21)18-13-7-12-17(14-18)22(15-8-3-1-4-9-15)16-10-5-2-6-11-16;;/h3*1-14H,(H,19,20,21);1H;/p-1. The van der Waals surface area contributed by atoms with Crippen molar-refractivity contribution in [2.75, 3.05) is 0 Å². The average Bonchev–Trinajstić information content (AvgIpc) is 3.36. The SMILES string of the molecule is O=S(=O)([O-])c1cccc(P(c2ccccc2)c2ccccc2)c1.O=S(=O)([O-])c1cccc(P(c2ccccc2)c2ccccc2)c1.O=S(=O)([O-])c1cccc(P(c2ccccc2)c2ccccc2)c1.[Cl-].[H+].[H+].[H+].[Rh]. The summed E-state index contributed by atoms with van der Waals surface area (Å²) in [7, 11) is -16.1. The number of rotatable bonds is 12. The largest absolute Gasteiger partial charge is 1.00 e. The molecule has 0 amide bonds. The normalized spacial score (nSPS) is 11.2. The van der Waals surface area contributed by atoms with Crippen LogP contribution < -0.4 is 60.1 Å². The van der Waals surface area contributed by atoms with Crippen LogP contribution in [-0.4, -0.2) is 38.9 Å². The van der Waals surface area contributed by atoms with E-state index in [0.717, 1.165) is 47.7 Å². The maximum atomic E-state index is 11.3. The van der Waals surface area contributed by atoms with Gasteiger partial charge in [-0.1, -0.05) is 218 Å². The second kappa shape index (κ2) is 26.6. The third-order valence-corrected chi connectivity index (χ3v) is 19.9.